The summed E-state index contributed by atoms with van der Waals surface area (Å²) in [5.41, 5.74) is -0.176. The average molecular weight is 228 g/mol. The van der Waals surface area contributed by atoms with Crippen molar-refractivity contribution in [2.75, 3.05) is 0 Å². The molecule has 2 heterocycles. The smallest absolute Gasteiger partial charge is 0.363 e. The number of aryl methyl sites for hydroxylation is 1. The Balaban J connectivity index is 2.66. The van der Waals surface area contributed by atoms with Crippen LogP contribution in [0.3, 0.4) is 0 Å². The van der Waals surface area contributed by atoms with Crippen LogP contribution in [0.25, 0.3) is 10.6 Å². The van der Waals surface area contributed by atoms with Crippen LogP contribution in [0.15, 0.2) is 26.7 Å². The Hall–Kier alpha value is -1.13. The third-order valence-corrected chi connectivity index (χ3v) is 2.92. The Morgan fingerprint density at radius 1 is 1.57 bits per heavy atom. The van der Waals surface area contributed by atoms with E-state index in [0.717, 1.165) is 4.88 Å². The highest BCUT2D eigenvalue weighted by molar-refractivity contribution is 7.13. The lowest BCUT2D eigenvalue weighted by atomic mass is 10.3. The molecule has 0 saturated heterocycles. The average Bonchev–Trinajstić information content (AvgIpc) is 2.64. The summed E-state index contributed by atoms with van der Waals surface area (Å²) < 4.78 is 4.92. The SMILES string of the molecule is Cc1oc(=O)c(-c2cccs2)nc1Cl. The van der Waals surface area contributed by atoms with E-state index < -0.39 is 5.63 Å². The van der Waals surface area contributed by atoms with E-state index in [4.69, 9.17) is 16.0 Å². The molecular weight excluding hydrogens is 222 g/mol. The number of halogens is 1. The van der Waals surface area contributed by atoms with Crippen molar-refractivity contribution in [3.05, 3.63) is 38.8 Å². The van der Waals surface area contributed by atoms with Crippen LogP contribution in [0.2, 0.25) is 5.15 Å². The van der Waals surface area contributed by atoms with Crippen molar-refractivity contribution in [1.29, 1.82) is 0 Å². The summed E-state index contributed by atoms with van der Waals surface area (Å²) in [5.74, 6) is 0.344. The van der Waals surface area contributed by atoms with Crippen molar-refractivity contribution in [3.8, 4) is 10.6 Å². The lowest BCUT2D eigenvalue weighted by molar-refractivity contribution is 0.475. The molecule has 0 aliphatic carbocycles. The van der Waals surface area contributed by atoms with Gasteiger partial charge in [-0.2, -0.15) is 0 Å². The van der Waals surface area contributed by atoms with Gasteiger partial charge in [-0.25, -0.2) is 9.78 Å². The molecule has 72 valence electrons. The monoisotopic (exact) mass is 227 g/mol. The third-order valence-electron chi connectivity index (χ3n) is 1.69. The van der Waals surface area contributed by atoms with Crippen molar-refractivity contribution in [2.45, 2.75) is 6.92 Å². The van der Waals surface area contributed by atoms with Gasteiger partial charge in [-0.1, -0.05) is 17.7 Å². The van der Waals surface area contributed by atoms with Gasteiger partial charge < -0.3 is 4.42 Å². The lowest BCUT2D eigenvalue weighted by Gasteiger charge is -1.97. The van der Waals surface area contributed by atoms with Crippen molar-refractivity contribution >= 4 is 22.9 Å². The van der Waals surface area contributed by atoms with Crippen LogP contribution in [-0.2, 0) is 0 Å². The summed E-state index contributed by atoms with van der Waals surface area (Å²) in [6.45, 7) is 1.61. The molecule has 0 radical (unpaired) electrons. The van der Waals surface area contributed by atoms with E-state index in [9.17, 15) is 4.79 Å². The number of rotatable bonds is 1. The van der Waals surface area contributed by atoms with E-state index in [1.807, 2.05) is 11.4 Å². The predicted molar refractivity (Wildman–Crippen MR) is 55.8 cm³/mol. The van der Waals surface area contributed by atoms with Crippen molar-refractivity contribution in [1.82, 2.24) is 4.98 Å². The van der Waals surface area contributed by atoms with Crippen LogP contribution >= 0.6 is 22.9 Å². The van der Waals surface area contributed by atoms with E-state index in [0.29, 0.717) is 5.76 Å². The van der Waals surface area contributed by atoms with Crippen molar-refractivity contribution < 1.29 is 4.42 Å². The van der Waals surface area contributed by atoms with Crippen LogP contribution < -0.4 is 5.63 Å². The van der Waals surface area contributed by atoms with Gasteiger partial charge in [0.25, 0.3) is 0 Å². The zero-order chi connectivity index (χ0) is 10.1. The molecule has 3 nitrogen and oxygen atoms in total. The molecule has 0 aromatic carbocycles. The molecular formula is C9H6ClNO2S. The lowest BCUT2D eigenvalue weighted by Crippen LogP contribution is -2.06. The largest absolute Gasteiger partial charge is 0.423 e. The van der Waals surface area contributed by atoms with E-state index in [-0.39, 0.29) is 10.8 Å². The molecule has 2 aromatic rings. The molecule has 2 rings (SSSR count). The zero-order valence-corrected chi connectivity index (χ0v) is 8.85. The fourth-order valence-electron chi connectivity index (χ4n) is 1.02. The maximum atomic E-state index is 11.4. The summed E-state index contributed by atoms with van der Waals surface area (Å²) in [6.07, 6.45) is 0. The third kappa shape index (κ3) is 1.58. The van der Waals surface area contributed by atoms with Gasteiger partial charge in [0.2, 0.25) is 0 Å². The second-order valence-corrected chi connectivity index (χ2v) is 3.98. The van der Waals surface area contributed by atoms with Crippen LogP contribution in [0.4, 0.5) is 0 Å². The molecule has 0 fully saturated rings. The first-order valence-corrected chi connectivity index (χ1v) is 5.15. The molecule has 2 aromatic heterocycles. The number of hydrogen-bond donors (Lipinski definition) is 0. The Kier molecular flexibility index (Phi) is 2.39. The highest BCUT2D eigenvalue weighted by Gasteiger charge is 2.10. The molecule has 0 atom stereocenters. The first-order valence-electron chi connectivity index (χ1n) is 3.89. The number of nitrogens with zero attached hydrogens (tertiary/aromatic N) is 1. The molecule has 0 aliphatic rings. The zero-order valence-electron chi connectivity index (χ0n) is 7.28. The quantitative estimate of drug-likeness (QED) is 0.752. The summed E-state index contributed by atoms with van der Waals surface area (Å²) in [5, 5.41) is 2.09. The van der Waals surface area contributed by atoms with Gasteiger partial charge in [0, 0.05) is 0 Å². The predicted octanol–water partition coefficient (Wildman–Crippen LogP) is 2.73. The number of thiophene rings is 1. The van der Waals surface area contributed by atoms with Crippen molar-refractivity contribution in [3.63, 3.8) is 0 Å². The normalized spacial score (nSPS) is 10.4. The molecule has 0 aliphatic heterocycles. The second kappa shape index (κ2) is 3.55. The molecule has 0 bridgehead atoms. The molecule has 0 unspecified atom stereocenters. The molecule has 5 heteroatoms. The van der Waals surface area contributed by atoms with Crippen LogP contribution in [-0.4, -0.2) is 4.98 Å². The van der Waals surface area contributed by atoms with Gasteiger partial charge in [0.15, 0.2) is 10.8 Å². The molecule has 0 N–H and O–H groups in total. The molecule has 0 saturated carbocycles. The van der Waals surface area contributed by atoms with Gasteiger partial charge in [-0.15, -0.1) is 11.3 Å². The Morgan fingerprint density at radius 3 is 3.00 bits per heavy atom. The minimum absolute atomic E-state index is 0.230. The number of hydrogen-bond acceptors (Lipinski definition) is 4. The van der Waals surface area contributed by atoms with E-state index in [1.54, 1.807) is 13.0 Å². The minimum atomic E-state index is -0.450. The first kappa shape index (κ1) is 9.43. The minimum Gasteiger partial charge on any atom is -0.423 e. The molecule has 14 heavy (non-hydrogen) atoms. The van der Waals surface area contributed by atoms with E-state index in [2.05, 4.69) is 4.98 Å². The topological polar surface area (TPSA) is 43.1 Å². The van der Waals surface area contributed by atoms with Crippen LogP contribution in [0, 0.1) is 6.92 Å². The maximum Gasteiger partial charge on any atom is 0.363 e. The van der Waals surface area contributed by atoms with E-state index >= 15 is 0 Å². The summed E-state index contributed by atoms with van der Waals surface area (Å²) in [6, 6.07) is 3.64. The van der Waals surface area contributed by atoms with Gasteiger partial charge in [0.05, 0.1) is 4.88 Å². The van der Waals surface area contributed by atoms with Crippen LogP contribution in [0.1, 0.15) is 5.76 Å². The summed E-state index contributed by atoms with van der Waals surface area (Å²) in [7, 11) is 0. The summed E-state index contributed by atoms with van der Waals surface area (Å²) in [4.78, 5) is 16.2. The van der Waals surface area contributed by atoms with E-state index in [1.165, 1.54) is 11.3 Å². The maximum absolute atomic E-state index is 11.4. The fraction of sp³-hybridized carbons (Fsp3) is 0.111. The Morgan fingerprint density at radius 2 is 2.36 bits per heavy atom. The molecule has 0 spiro atoms. The highest BCUT2D eigenvalue weighted by Crippen LogP contribution is 2.21. The van der Waals surface area contributed by atoms with Gasteiger partial charge in [-0.05, 0) is 18.4 Å². The second-order valence-electron chi connectivity index (χ2n) is 2.67. The first-order chi connectivity index (χ1) is 6.68. The molecule has 0 amide bonds. The number of aromatic nitrogens is 1. The summed E-state index contributed by atoms with van der Waals surface area (Å²) >= 11 is 7.19. The van der Waals surface area contributed by atoms with Crippen LogP contribution in [0.5, 0.6) is 0 Å². The van der Waals surface area contributed by atoms with Gasteiger partial charge in [-0.3, -0.25) is 0 Å². The highest BCUT2D eigenvalue weighted by atomic mass is 35.5. The Bertz CT molecular complexity index is 504. The Labute approximate surface area is 89.0 Å². The fourth-order valence-corrected chi connectivity index (χ4v) is 1.85. The van der Waals surface area contributed by atoms with Gasteiger partial charge >= 0.3 is 5.63 Å². The van der Waals surface area contributed by atoms with Gasteiger partial charge in [0.1, 0.15) is 5.76 Å². The standard InChI is InChI=1S/C9H6ClNO2S/c1-5-8(10)11-7(9(12)13-5)6-3-2-4-14-6/h2-4H,1H3. The van der Waals surface area contributed by atoms with Crippen molar-refractivity contribution in [2.24, 2.45) is 0 Å².